The van der Waals surface area contributed by atoms with Crippen molar-refractivity contribution in [2.24, 2.45) is 0 Å². The fourth-order valence-corrected chi connectivity index (χ4v) is 1.87. The van der Waals surface area contributed by atoms with E-state index in [0.29, 0.717) is 11.3 Å². The second-order valence-electron chi connectivity index (χ2n) is 4.01. The number of carboxylic acid groups (broad SMARTS) is 1. The zero-order valence-electron chi connectivity index (χ0n) is 9.70. The molecule has 0 spiro atoms. The number of hydrogen-bond donors (Lipinski definition) is 2. The van der Waals surface area contributed by atoms with Gasteiger partial charge in [-0.15, -0.1) is 0 Å². The highest BCUT2D eigenvalue weighted by molar-refractivity contribution is 5.87. The van der Waals surface area contributed by atoms with Crippen molar-refractivity contribution in [2.45, 2.75) is 0 Å². The Morgan fingerprint density at radius 2 is 2.00 bits per heavy atom. The van der Waals surface area contributed by atoms with Crippen molar-refractivity contribution in [3.05, 3.63) is 58.5 Å². The van der Waals surface area contributed by atoms with Crippen molar-refractivity contribution in [1.82, 2.24) is 14.6 Å². The van der Waals surface area contributed by atoms with Crippen molar-refractivity contribution in [3.63, 3.8) is 0 Å². The van der Waals surface area contributed by atoms with Gasteiger partial charge in [0.1, 0.15) is 5.56 Å². The number of hydrogen-bond acceptors (Lipinski definition) is 3. The number of H-pyrrole nitrogens is 1. The molecule has 0 atom stereocenters. The van der Waals surface area contributed by atoms with Crippen LogP contribution in [0.1, 0.15) is 10.4 Å². The summed E-state index contributed by atoms with van der Waals surface area (Å²) in [5.74, 6) is -1.29. The van der Waals surface area contributed by atoms with Gasteiger partial charge in [0.05, 0.1) is 5.69 Å². The Balaban J connectivity index is 2.25. The van der Waals surface area contributed by atoms with E-state index in [1.165, 1.54) is 0 Å². The number of rotatable bonds is 2. The van der Waals surface area contributed by atoms with Crippen LogP contribution in [0.2, 0.25) is 0 Å². The Kier molecular flexibility index (Phi) is 2.42. The lowest BCUT2D eigenvalue weighted by Gasteiger charge is -1.96. The highest BCUT2D eigenvalue weighted by atomic mass is 16.4. The molecule has 0 bridgehead atoms. The predicted octanol–water partition coefficient (Wildman–Crippen LogP) is 1.39. The van der Waals surface area contributed by atoms with E-state index in [2.05, 4.69) is 10.1 Å². The minimum atomic E-state index is -1.29. The minimum absolute atomic E-state index is 0.362. The maximum atomic E-state index is 11.9. The quantitative estimate of drug-likeness (QED) is 0.724. The third kappa shape index (κ3) is 1.79. The molecule has 2 heterocycles. The molecule has 0 fully saturated rings. The molecule has 0 saturated carbocycles. The smallest absolute Gasteiger partial charge is 0.343 e. The van der Waals surface area contributed by atoms with Gasteiger partial charge < -0.3 is 5.11 Å². The van der Waals surface area contributed by atoms with Gasteiger partial charge in [-0.25, -0.2) is 14.3 Å². The molecule has 2 aromatic heterocycles. The molecule has 3 aromatic rings. The zero-order chi connectivity index (χ0) is 13.4. The largest absolute Gasteiger partial charge is 0.477 e. The second-order valence-corrected chi connectivity index (χ2v) is 4.01. The number of carbonyl (C=O) groups is 1. The molecule has 0 amide bonds. The summed E-state index contributed by atoms with van der Waals surface area (Å²) in [6, 6.07) is 11.1. The molecule has 0 unspecified atom stereocenters. The fourth-order valence-electron chi connectivity index (χ4n) is 1.87. The third-order valence-electron chi connectivity index (χ3n) is 2.81. The molecule has 0 aliphatic rings. The molecule has 6 heteroatoms. The van der Waals surface area contributed by atoms with E-state index in [9.17, 15) is 9.59 Å². The molecule has 0 saturated heterocycles. The van der Waals surface area contributed by atoms with Crippen molar-refractivity contribution < 1.29 is 9.90 Å². The lowest BCUT2D eigenvalue weighted by molar-refractivity contribution is 0.0694. The van der Waals surface area contributed by atoms with E-state index in [4.69, 9.17) is 5.11 Å². The number of fused-ring (bicyclic) bond motifs is 1. The first-order valence-corrected chi connectivity index (χ1v) is 5.56. The van der Waals surface area contributed by atoms with Crippen LogP contribution in [0.3, 0.4) is 0 Å². The van der Waals surface area contributed by atoms with Crippen LogP contribution in [0.4, 0.5) is 0 Å². The molecule has 6 nitrogen and oxygen atoms in total. The number of aromatic amines is 1. The first-order chi connectivity index (χ1) is 9.16. The third-order valence-corrected chi connectivity index (χ3v) is 2.81. The summed E-state index contributed by atoms with van der Waals surface area (Å²) < 4.78 is 1.13. The number of nitrogens with zero attached hydrogens (tertiary/aromatic N) is 2. The van der Waals surface area contributed by atoms with Crippen LogP contribution in [0.25, 0.3) is 16.9 Å². The maximum Gasteiger partial charge on any atom is 0.343 e. The number of aromatic nitrogens is 3. The lowest BCUT2D eigenvalue weighted by Crippen LogP contribution is -2.22. The molecular weight excluding hydrogens is 246 g/mol. The predicted molar refractivity (Wildman–Crippen MR) is 68.2 cm³/mol. The van der Waals surface area contributed by atoms with Gasteiger partial charge in [0, 0.05) is 12.3 Å². The monoisotopic (exact) mass is 255 g/mol. The van der Waals surface area contributed by atoms with Gasteiger partial charge in [-0.05, 0) is 5.56 Å². The standard InChI is InChI=1S/C13H9N3O3/c17-12-9(13(18)19)7-14-11-6-10(15-16(11)12)8-4-2-1-3-5-8/h1-7,15H,(H,18,19). The highest BCUT2D eigenvalue weighted by Crippen LogP contribution is 2.17. The van der Waals surface area contributed by atoms with E-state index >= 15 is 0 Å². The zero-order valence-corrected chi connectivity index (χ0v) is 9.70. The Morgan fingerprint density at radius 1 is 1.26 bits per heavy atom. The summed E-state index contributed by atoms with van der Waals surface area (Å²) in [4.78, 5) is 26.8. The summed E-state index contributed by atoms with van der Waals surface area (Å²) in [6.07, 6.45) is 1.07. The SMILES string of the molecule is O=C(O)c1cnc2cc(-c3ccccc3)[nH]n2c1=O. The molecule has 94 valence electrons. The Labute approximate surface area is 106 Å². The van der Waals surface area contributed by atoms with Crippen molar-refractivity contribution in [3.8, 4) is 11.3 Å². The van der Waals surface area contributed by atoms with Gasteiger partial charge in [-0.1, -0.05) is 30.3 Å². The molecule has 1 aromatic carbocycles. The van der Waals surface area contributed by atoms with Crippen LogP contribution < -0.4 is 5.56 Å². The van der Waals surface area contributed by atoms with Gasteiger partial charge in [0.25, 0.3) is 5.56 Å². The number of aromatic carboxylic acids is 1. The van der Waals surface area contributed by atoms with Crippen molar-refractivity contribution in [2.75, 3.05) is 0 Å². The van der Waals surface area contributed by atoms with Crippen LogP contribution in [0, 0.1) is 0 Å². The van der Waals surface area contributed by atoms with Crippen LogP contribution >= 0.6 is 0 Å². The average molecular weight is 255 g/mol. The summed E-state index contributed by atoms with van der Waals surface area (Å²) >= 11 is 0. The molecule has 19 heavy (non-hydrogen) atoms. The lowest BCUT2D eigenvalue weighted by atomic mass is 10.2. The molecule has 3 rings (SSSR count). The van der Waals surface area contributed by atoms with Gasteiger partial charge >= 0.3 is 5.97 Å². The van der Waals surface area contributed by atoms with E-state index in [-0.39, 0.29) is 5.56 Å². The Morgan fingerprint density at radius 3 is 2.68 bits per heavy atom. The number of benzene rings is 1. The van der Waals surface area contributed by atoms with Gasteiger partial charge in [-0.3, -0.25) is 9.89 Å². The number of nitrogens with one attached hydrogen (secondary N) is 1. The molecule has 0 aliphatic heterocycles. The highest BCUT2D eigenvalue weighted by Gasteiger charge is 2.13. The van der Waals surface area contributed by atoms with Gasteiger partial charge in [-0.2, -0.15) is 0 Å². The summed E-state index contributed by atoms with van der Waals surface area (Å²) in [5, 5.41) is 11.7. The minimum Gasteiger partial charge on any atom is -0.477 e. The maximum absolute atomic E-state index is 11.9. The van der Waals surface area contributed by atoms with Crippen LogP contribution in [0.15, 0.2) is 47.4 Å². The van der Waals surface area contributed by atoms with E-state index in [1.54, 1.807) is 6.07 Å². The van der Waals surface area contributed by atoms with Crippen LogP contribution in [-0.4, -0.2) is 25.7 Å². The van der Waals surface area contributed by atoms with Crippen LogP contribution in [0.5, 0.6) is 0 Å². The summed E-state index contributed by atoms with van der Waals surface area (Å²) in [5.41, 5.74) is 0.990. The van der Waals surface area contributed by atoms with Gasteiger partial charge in [0.15, 0.2) is 5.65 Å². The normalized spacial score (nSPS) is 10.7. The summed E-state index contributed by atoms with van der Waals surface area (Å²) in [7, 11) is 0. The first kappa shape index (κ1) is 11.2. The average Bonchev–Trinajstić information content (AvgIpc) is 2.85. The Hall–Kier alpha value is -2.89. The van der Waals surface area contributed by atoms with E-state index < -0.39 is 11.5 Å². The molecule has 0 aliphatic carbocycles. The molecule has 2 N–H and O–H groups in total. The van der Waals surface area contributed by atoms with Gasteiger partial charge in [0.2, 0.25) is 0 Å². The van der Waals surface area contributed by atoms with Crippen LogP contribution in [-0.2, 0) is 0 Å². The Bertz CT molecular complexity index is 818. The summed E-state index contributed by atoms with van der Waals surface area (Å²) in [6.45, 7) is 0. The topological polar surface area (TPSA) is 87.5 Å². The van der Waals surface area contributed by atoms with E-state index in [1.807, 2.05) is 30.3 Å². The van der Waals surface area contributed by atoms with Crippen molar-refractivity contribution in [1.29, 1.82) is 0 Å². The fraction of sp³-hybridized carbons (Fsp3) is 0. The van der Waals surface area contributed by atoms with Crippen molar-refractivity contribution >= 4 is 11.6 Å². The second kappa shape index (κ2) is 4.09. The first-order valence-electron chi connectivity index (χ1n) is 5.56. The molecular formula is C13H9N3O3. The van der Waals surface area contributed by atoms with E-state index in [0.717, 1.165) is 16.3 Å². The molecule has 0 radical (unpaired) electrons. The number of carboxylic acids is 1.